The van der Waals surface area contributed by atoms with E-state index < -0.39 is 11.5 Å². The fourth-order valence-corrected chi connectivity index (χ4v) is 2.49. The zero-order valence-corrected chi connectivity index (χ0v) is 12.4. The van der Waals surface area contributed by atoms with E-state index >= 15 is 0 Å². The van der Waals surface area contributed by atoms with E-state index in [1.54, 1.807) is 6.92 Å². The van der Waals surface area contributed by atoms with Gasteiger partial charge in [-0.25, -0.2) is 0 Å². The molecule has 1 atom stereocenters. The molecule has 5 nitrogen and oxygen atoms in total. The number of unbranched alkanes of at least 4 members (excludes halogenated alkanes) is 1. The van der Waals surface area contributed by atoms with Gasteiger partial charge >= 0.3 is 5.97 Å². The van der Waals surface area contributed by atoms with Crippen molar-refractivity contribution in [3.63, 3.8) is 0 Å². The van der Waals surface area contributed by atoms with Crippen molar-refractivity contribution in [2.24, 2.45) is 5.73 Å². The van der Waals surface area contributed by atoms with Gasteiger partial charge in [-0.15, -0.1) is 0 Å². The maximum Gasteiger partial charge on any atom is 0.323 e. The van der Waals surface area contributed by atoms with E-state index in [0.29, 0.717) is 6.42 Å². The van der Waals surface area contributed by atoms with Crippen LogP contribution >= 0.6 is 0 Å². The molecule has 1 rings (SSSR count). The predicted octanol–water partition coefficient (Wildman–Crippen LogP) is 0.986. The number of carboxylic acid groups (broad SMARTS) is 1. The maximum absolute atomic E-state index is 10.9. The van der Waals surface area contributed by atoms with Crippen molar-refractivity contribution in [1.82, 2.24) is 9.80 Å². The topological polar surface area (TPSA) is 69.8 Å². The average molecular weight is 271 g/mol. The van der Waals surface area contributed by atoms with Gasteiger partial charge in [0.2, 0.25) is 0 Å². The Kier molecular flexibility index (Phi) is 6.75. The van der Waals surface area contributed by atoms with E-state index in [2.05, 4.69) is 16.7 Å². The Bertz CT molecular complexity index is 274. The summed E-state index contributed by atoms with van der Waals surface area (Å²) in [6, 6.07) is 0. The molecule has 0 radical (unpaired) electrons. The summed E-state index contributed by atoms with van der Waals surface area (Å²) in [4.78, 5) is 15.9. The van der Waals surface area contributed by atoms with Crippen LogP contribution in [-0.2, 0) is 4.79 Å². The van der Waals surface area contributed by atoms with Gasteiger partial charge in [0.05, 0.1) is 0 Å². The summed E-state index contributed by atoms with van der Waals surface area (Å²) in [6.45, 7) is 10.7. The Balaban J connectivity index is 2.10. The molecule has 0 aromatic rings. The van der Waals surface area contributed by atoms with Crippen LogP contribution in [0, 0.1) is 0 Å². The molecule has 1 aliphatic heterocycles. The minimum Gasteiger partial charge on any atom is -0.480 e. The van der Waals surface area contributed by atoms with Crippen LogP contribution in [0.5, 0.6) is 0 Å². The van der Waals surface area contributed by atoms with Gasteiger partial charge in [0.25, 0.3) is 0 Å². The summed E-state index contributed by atoms with van der Waals surface area (Å²) in [5.41, 5.74) is 4.64. The first kappa shape index (κ1) is 16.4. The van der Waals surface area contributed by atoms with Gasteiger partial charge < -0.3 is 20.6 Å². The minimum absolute atomic E-state index is 0.554. The Morgan fingerprint density at radius 3 is 2.16 bits per heavy atom. The molecule has 5 heteroatoms. The molecule has 0 bridgehead atoms. The van der Waals surface area contributed by atoms with Crippen molar-refractivity contribution in [1.29, 1.82) is 0 Å². The third-order valence-electron chi connectivity index (χ3n) is 3.91. The van der Waals surface area contributed by atoms with Crippen molar-refractivity contribution >= 4 is 5.97 Å². The van der Waals surface area contributed by atoms with Crippen LogP contribution < -0.4 is 5.73 Å². The van der Waals surface area contributed by atoms with Crippen molar-refractivity contribution in [2.75, 3.05) is 39.3 Å². The summed E-state index contributed by atoms with van der Waals surface area (Å²) in [5, 5.41) is 8.93. The maximum atomic E-state index is 10.9. The Morgan fingerprint density at radius 1 is 1.16 bits per heavy atom. The molecule has 3 N–H and O–H groups in total. The van der Waals surface area contributed by atoms with Gasteiger partial charge in [-0.3, -0.25) is 4.79 Å². The first-order valence-corrected chi connectivity index (χ1v) is 7.42. The number of carboxylic acids is 1. The lowest BCUT2D eigenvalue weighted by molar-refractivity contribution is -0.142. The van der Waals surface area contributed by atoms with Gasteiger partial charge in [-0.1, -0.05) is 6.92 Å². The summed E-state index contributed by atoms with van der Waals surface area (Å²) in [7, 11) is 0. The van der Waals surface area contributed by atoms with E-state index in [4.69, 9.17) is 10.8 Å². The molecular weight excluding hydrogens is 242 g/mol. The molecule has 1 heterocycles. The number of hydrogen-bond acceptors (Lipinski definition) is 4. The molecule has 0 amide bonds. The number of nitrogens with zero attached hydrogens (tertiary/aromatic N) is 2. The second kappa shape index (κ2) is 7.82. The third-order valence-corrected chi connectivity index (χ3v) is 3.91. The normalized spacial score (nSPS) is 21.2. The van der Waals surface area contributed by atoms with E-state index in [-0.39, 0.29) is 0 Å². The molecule has 1 unspecified atom stereocenters. The first-order chi connectivity index (χ1) is 8.95. The summed E-state index contributed by atoms with van der Waals surface area (Å²) in [6.07, 6.45) is 3.70. The van der Waals surface area contributed by atoms with E-state index in [1.165, 1.54) is 13.0 Å². The third kappa shape index (κ3) is 5.89. The largest absolute Gasteiger partial charge is 0.480 e. The fourth-order valence-electron chi connectivity index (χ4n) is 2.49. The molecule has 0 aromatic heterocycles. The van der Waals surface area contributed by atoms with Crippen molar-refractivity contribution in [3.8, 4) is 0 Å². The van der Waals surface area contributed by atoms with Crippen molar-refractivity contribution in [2.45, 2.75) is 45.1 Å². The monoisotopic (exact) mass is 271 g/mol. The van der Waals surface area contributed by atoms with Gasteiger partial charge in [0, 0.05) is 26.2 Å². The van der Waals surface area contributed by atoms with Gasteiger partial charge in [-0.2, -0.15) is 0 Å². The second-order valence-corrected chi connectivity index (χ2v) is 5.86. The average Bonchev–Trinajstić information content (AvgIpc) is 2.37. The van der Waals surface area contributed by atoms with Gasteiger partial charge in [-0.05, 0) is 45.7 Å². The Hall–Kier alpha value is -0.650. The zero-order valence-electron chi connectivity index (χ0n) is 12.4. The highest BCUT2D eigenvalue weighted by Gasteiger charge is 2.27. The molecule has 19 heavy (non-hydrogen) atoms. The lowest BCUT2D eigenvalue weighted by Crippen LogP contribution is -2.47. The van der Waals surface area contributed by atoms with Crippen LogP contribution in [0.2, 0.25) is 0 Å². The second-order valence-electron chi connectivity index (χ2n) is 5.86. The number of piperazine rings is 1. The van der Waals surface area contributed by atoms with E-state index in [0.717, 1.165) is 45.6 Å². The van der Waals surface area contributed by atoms with Crippen LogP contribution in [0.25, 0.3) is 0 Å². The quantitative estimate of drug-likeness (QED) is 0.644. The van der Waals surface area contributed by atoms with Gasteiger partial charge in [0.15, 0.2) is 0 Å². The molecule has 0 aliphatic carbocycles. The minimum atomic E-state index is -1.07. The van der Waals surface area contributed by atoms with Crippen molar-refractivity contribution in [3.05, 3.63) is 0 Å². The number of rotatable bonds is 8. The summed E-state index contributed by atoms with van der Waals surface area (Å²) in [5.74, 6) is -0.902. The Morgan fingerprint density at radius 2 is 1.68 bits per heavy atom. The standard InChI is InChI=1S/C14H29N3O2/c1-3-7-16-9-11-17(12-10-16)8-5-4-6-14(2,15)13(18)19/h3-12,15H2,1-2H3,(H,18,19). The lowest BCUT2D eigenvalue weighted by atomic mass is 9.96. The lowest BCUT2D eigenvalue weighted by Gasteiger charge is -2.34. The Labute approximate surface area is 116 Å². The van der Waals surface area contributed by atoms with Crippen LogP contribution in [0.3, 0.4) is 0 Å². The number of hydrogen-bond donors (Lipinski definition) is 2. The van der Waals surface area contributed by atoms with Gasteiger partial charge in [0.1, 0.15) is 5.54 Å². The molecular formula is C14H29N3O2. The SMILES string of the molecule is CCCN1CCN(CCCCC(C)(N)C(=O)O)CC1. The van der Waals surface area contributed by atoms with Crippen LogP contribution in [0.1, 0.15) is 39.5 Å². The molecule has 0 aromatic carbocycles. The van der Waals surface area contributed by atoms with E-state index in [1.807, 2.05) is 0 Å². The molecule has 0 spiro atoms. The number of carbonyl (C=O) groups is 1. The molecule has 1 fully saturated rings. The highest BCUT2D eigenvalue weighted by molar-refractivity contribution is 5.77. The molecule has 0 saturated carbocycles. The molecule has 112 valence electrons. The fraction of sp³-hybridized carbons (Fsp3) is 0.929. The first-order valence-electron chi connectivity index (χ1n) is 7.42. The summed E-state index contributed by atoms with van der Waals surface area (Å²) >= 11 is 0. The molecule has 1 saturated heterocycles. The highest BCUT2D eigenvalue weighted by atomic mass is 16.4. The van der Waals surface area contributed by atoms with Crippen LogP contribution in [0.15, 0.2) is 0 Å². The predicted molar refractivity (Wildman–Crippen MR) is 77.3 cm³/mol. The van der Waals surface area contributed by atoms with Crippen LogP contribution in [0.4, 0.5) is 0 Å². The smallest absolute Gasteiger partial charge is 0.323 e. The van der Waals surface area contributed by atoms with Crippen LogP contribution in [-0.4, -0.2) is 65.7 Å². The number of aliphatic carboxylic acids is 1. The highest BCUT2D eigenvalue weighted by Crippen LogP contribution is 2.12. The molecule has 1 aliphatic rings. The zero-order chi connectivity index (χ0) is 14.3. The summed E-state index contributed by atoms with van der Waals surface area (Å²) < 4.78 is 0. The number of nitrogens with two attached hydrogens (primary N) is 1. The van der Waals surface area contributed by atoms with E-state index in [9.17, 15) is 4.79 Å². The van der Waals surface area contributed by atoms with Crippen molar-refractivity contribution < 1.29 is 9.90 Å².